The lowest BCUT2D eigenvalue weighted by Crippen LogP contribution is -2.30. The van der Waals surface area contributed by atoms with Crippen LogP contribution in [0.1, 0.15) is 44.2 Å². The highest BCUT2D eigenvalue weighted by molar-refractivity contribution is 7.13. The third-order valence-corrected chi connectivity index (χ3v) is 4.51. The largest absolute Gasteiger partial charge is 0.316 e. The molecule has 1 aliphatic heterocycles. The number of thiazole rings is 1. The van der Waals surface area contributed by atoms with Crippen molar-refractivity contribution >= 4 is 22.3 Å². The predicted molar refractivity (Wildman–Crippen MR) is 86.0 cm³/mol. The van der Waals surface area contributed by atoms with Gasteiger partial charge in [-0.05, 0) is 40.2 Å². The fourth-order valence-corrected chi connectivity index (χ4v) is 3.48. The molecule has 5 nitrogen and oxygen atoms in total. The van der Waals surface area contributed by atoms with Crippen LogP contribution in [-0.2, 0) is 0 Å². The Bertz CT molecular complexity index is 596. The zero-order valence-electron chi connectivity index (χ0n) is 12.7. The van der Waals surface area contributed by atoms with Gasteiger partial charge in [0.2, 0.25) is 0 Å². The number of likely N-dealkylation sites (tertiary alicyclic amines) is 1. The van der Waals surface area contributed by atoms with E-state index in [0.29, 0.717) is 12.1 Å². The van der Waals surface area contributed by atoms with Gasteiger partial charge in [0.1, 0.15) is 11.6 Å². The highest BCUT2D eigenvalue weighted by atomic mass is 32.1. The first-order valence-corrected chi connectivity index (χ1v) is 8.29. The van der Waals surface area contributed by atoms with E-state index < -0.39 is 0 Å². The summed E-state index contributed by atoms with van der Waals surface area (Å²) >= 11 is 1.57. The monoisotopic (exact) mass is 303 g/mol. The molecule has 1 N–H and O–H groups in total. The van der Waals surface area contributed by atoms with Gasteiger partial charge in [0.25, 0.3) is 0 Å². The minimum Gasteiger partial charge on any atom is -0.316 e. The lowest BCUT2D eigenvalue weighted by Gasteiger charge is -2.28. The van der Waals surface area contributed by atoms with Crippen LogP contribution in [0.2, 0.25) is 0 Å². The van der Waals surface area contributed by atoms with Crippen molar-refractivity contribution in [3.05, 3.63) is 29.2 Å². The van der Waals surface area contributed by atoms with Crippen LogP contribution in [0, 0.1) is 6.92 Å². The van der Waals surface area contributed by atoms with Gasteiger partial charge in [-0.2, -0.15) is 0 Å². The molecule has 0 spiro atoms. The van der Waals surface area contributed by atoms with E-state index in [2.05, 4.69) is 45.1 Å². The molecule has 3 heterocycles. The lowest BCUT2D eigenvalue weighted by molar-refractivity contribution is 0.202. The average molecular weight is 303 g/mol. The summed E-state index contributed by atoms with van der Waals surface area (Å²) in [6.45, 7) is 7.61. The van der Waals surface area contributed by atoms with Crippen molar-refractivity contribution in [2.24, 2.45) is 0 Å². The first-order chi connectivity index (χ1) is 10.1. The van der Waals surface area contributed by atoms with Crippen LogP contribution >= 0.6 is 11.3 Å². The second kappa shape index (κ2) is 6.07. The molecule has 112 valence electrons. The van der Waals surface area contributed by atoms with Crippen LogP contribution in [-0.4, -0.2) is 32.4 Å². The topological polar surface area (TPSA) is 53.9 Å². The molecule has 2 aromatic rings. The molecule has 1 saturated heterocycles. The standard InChI is InChI=1S/C15H21N5S/c1-10(2)20-7-4-5-13(20)12-9-14(18-11(3)17-12)19-15-16-6-8-21-15/h6,8-10,13H,4-5,7H2,1-3H3,(H,16,17,18,19)/t13-/m1/s1. The average Bonchev–Trinajstić information content (AvgIpc) is 3.08. The number of aryl methyl sites for hydroxylation is 1. The summed E-state index contributed by atoms with van der Waals surface area (Å²) in [4.78, 5) is 15.9. The van der Waals surface area contributed by atoms with Crippen molar-refractivity contribution < 1.29 is 0 Å². The molecule has 0 amide bonds. The third-order valence-electron chi connectivity index (χ3n) is 3.82. The summed E-state index contributed by atoms with van der Waals surface area (Å²) in [5.41, 5.74) is 1.12. The summed E-state index contributed by atoms with van der Waals surface area (Å²) in [6.07, 6.45) is 4.20. The maximum Gasteiger partial charge on any atom is 0.188 e. The minimum atomic E-state index is 0.406. The molecule has 0 radical (unpaired) electrons. The zero-order chi connectivity index (χ0) is 14.8. The van der Waals surface area contributed by atoms with Gasteiger partial charge < -0.3 is 5.32 Å². The molecule has 2 aromatic heterocycles. The summed E-state index contributed by atoms with van der Waals surface area (Å²) in [5, 5.41) is 6.09. The van der Waals surface area contributed by atoms with Crippen molar-refractivity contribution in [2.75, 3.05) is 11.9 Å². The normalized spacial score (nSPS) is 19.3. The van der Waals surface area contributed by atoms with Crippen molar-refractivity contribution in [1.29, 1.82) is 0 Å². The lowest BCUT2D eigenvalue weighted by atomic mass is 10.1. The molecule has 1 atom stereocenters. The quantitative estimate of drug-likeness (QED) is 0.936. The molecule has 0 bridgehead atoms. The molecule has 0 aromatic carbocycles. The van der Waals surface area contributed by atoms with Gasteiger partial charge in [0.15, 0.2) is 5.13 Å². The Kier molecular flexibility index (Phi) is 4.17. The smallest absolute Gasteiger partial charge is 0.188 e. The second-order valence-electron chi connectivity index (χ2n) is 5.68. The molecule has 3 rings (SSSR count). The van der Waals surface area contributed by atoms with Gasteiger partial charge in [-0.25, -0.2) is 15.0 Å². The Morgan fingerprint density at radius 3 is 2.95 bits per heavy atom. The Hall–Kier alpha value is -1.53. The summed E-state index contributed by atoms with van der Waals surface area (Å²) < 4.78 is 0. The summed E-state index contributed by atoms with van der Waals surface area (Å²) in [7, 11) is 0. The van der Waals surface area contributed by atoms with E-state index in [1.807, 2.05) is 12.3 Å². The molecule has 6 heteroatoms. The van der Waals surface area contributed by atoms with Crippen LogP contribution in [0.25, 0.3) is 0 Å². The highest BCUT2D eigenvalue weighted by Gasteiger charge is 2.29. The Morgan fingerprint density at radius 1 is 1.38 bits per heavy atom. The van der Waals surface area contributed by atoms with E-state index >= 15 is 0 Å². The zero-order valence-corrected chi connectivity index (χ0v) is 13.5. The van der Waals surface area contributed by atoms with Gasteiger partial charge in [-0.3, -0.25) is 4.90 Å². The number of aromatic nitrogens is 3. The Morgan fingerprint density at radius 2 is 2.24 bits per heavy atom. The van der Waals surface area contributed by atoms with Crippen molar-refractivity contribution in [1.82, 2.24) is 19.9 Å². The Labute approximate surface area is 129 Å². The fraction of sp³-hybridized carbons (Fsp3) is 0.533. The molecule has 1 aliphatic rings. The van der Waals surface area contributed by atoms with Gasteiger partial charge >= 0.3 is 0 Å². The molecular formula is C15H21N5S. The molecule has 0 saturated carbocycles. The van der Waals surface area contributed by atoms with Crippen LogP contribution in [0.5, 0.6) is 0 Å². The minimum absolute atomic E-state index is 0.406. The Balaban J connectivity index is 1.87. The van der Waals surface area contributed by atoms with E-state index in [9.17, 15) is 0 Å². The number of anilines is 2. The SMILES string of the molecule is Cc1nc(Nc2nccs2)cc([C@H]2CCCN2C(C)C)n1. The molecule has 0 unspecified atom stereocenters. The molecule has 0 aliphatic carbocycles. The summed E-state index contributed by atoms with van der Waals surface area (Å²) in [5.74, 6) is 1.64. The number of hydrogen-bond acceptors (Lipinski definition) is 6. The van der Waals surface area contributed by atoms with E-state index in [1.165, 1.54) is 12.8 Å². The number of hydrogen-bond donors (Lipinski definition) is 1. The van der Waals surface area contributed by atoms with Crippen LogP contribution in [0.3, 0.4) is 0 Å². The van der Waals surface area contributed by atoms with E-state index in [0.717, 1.165) is 29.0 Å². The number of nitrogens with one attached hydrogen (secondary N) is 1. The van der Waals surface area contributed by atoms with Crippen molar-refractivity contribution in [3.8, 4) is 0 Å². The van der Waals surface area contributed by atoms with Crippen molar-refractivity contribution in [3.63, 3.8) is 0 Å². The van der Waals surface area contributed by atoms with E-state index in [4.69, 9.17) is 0 Å². The second-order valence-corrected chi connectivity index (χ2v) is 6.57. The van der Waals surface area contributed by atoms with E-state index in [-0.39, 0.29) is 0 Å². The number of rotatable bonds is 4. The molecule has 1 fully saturated rings. The highest BCUT2D eigenvalue weighted by Crippen LogP contribution is 2.33. The van der Waals surface area contributed by atoms with Crippen LogP contribution in [0.15, 0.2) is 17.6 Å². The van der Waals surface area contributed by atoms with Gasteiger partial charge in [0.05, 0.1) is 11.7 Å². The molecule has 21 heavy (non-hydrogen) atoms. The predicted octanol–water partition coefficient (Wildman–Crippen LogP) is 3.53. The fourth-order valence-electron chi connectivity index (χ4n) is 2.94. The van der Waals surface area contributed by atoms with Gasteiger partial charge in [-0.1, -0.05) is 0 Å². The first kappa shape index (κ1) is 14.4. The van der Waals surface area contributed by atoms with Gasteiger partial charge in [0, 0.05) is 23.7 Å². The van der Waals surface area contributed by atoms with E-state index in [1.54, 1.807) is 17.5 Å². The maximum absolute atomic E-state index is 4.67. The van der Waals surface area contributed by atoms with Crippen LogP contribution in [0.4, 0.5) is 10.9 Å². The molecular weight excluding hydrogens is 282 g/mol. The number of nitrogens with zero attached hydrogens (tertiary/aromatic N) is 4. The maximum atomic E-state index is 4.67. The van der Waals surface area contributed by atoms with Crippen LogP contribution < -0.4 is 5.32 Å². The first-order valence-electron chi connectivity index (χ1n) is 7.41. The van der Waals surface area contributed by atoms with Crippen molar-refractivity contribution in [2.45, 2.75) is 45.7 Å². The third kappa shape index (κ3) is 3.22. The van der Waals surface area contributed by atoms with Gasteiger partial charge in [-0.15, -0.1) is 11.3 Å². The summed E-state index contributed by atoms with van der Waals surface area (Å²) in [6, 6.07) is 3.02.